The number of hydrazone groups is 2. The number of nitro groups is 1. The van der Waals surface area contributed by atoms with Gasteiger partial charge < -0.3 is 4.74 Å². The van der Waals surface area contributed by atoms with Crippen molar-refractivity contribution in [3.05, 3.63) is 100 Å². The lowest BCUT2D eigenvalue weighted by Gasteiger charge is -2.47. The van der Waals surface area contributed by atoms with Crippen LogP contribution in [0.1, 0.15) is 31.4 Å². The number of benzene rings is 3. The summed E-state index contributed by atoms with van der Waals surface area (Å²) in [4.78, 5) is 22.9. The molecule has 0 unspecified atom stereocenters. The van der Waals surface area contributed by atoms with E-state index in [0.29, 0.717) is 12.1 Å². The van der Waals surface area contributed by atoms with Crippen molar-refractivity contribution >= 4 is 45.5 Å². The minimum Gasteiger partial charge on any atom is -0.461 e. The largest absolute Gasteiger partial charge is 0.461 e. The number of para-hydroxylation sites is 1. The summed E-state index contributed by atoms with van der Waals surface area (Å²) in [6.07, 6.45) is 0.684. The van der Waals surface area contributed by atoms with Gasteiger partial charge in [0.1, 0.15) is 0 Å². The molecule has 0 radical (unpaired) electrons. The molecule has 2 aliphatic rings. The van der Waals surface area contributed by atoms with Crippen LogP contribution in [0, 0.1) is 10.1 Å². The van der Waals surface area contributed by atoms with Crippen molar-refractivity contribution in [2.24, 2.45) is 10.2 Å². The number of non-ortho nitro benzene ring substituents is 1. The van der Waals surface area contributed by atoms with Crippen LogP contribution in [0.4, 0.5) is 17.1 Å². The highest BCUT2D eigenvalue weighted by atomic mass is 32.2. The summed E-state index contributed by atoms with van der Waals surface area (Å²) in [6, 6.07) is 23.7. The number of thioether (sulfide) groups is 1. The molecule has 0 aliphatic carbocycles. The highest BCUT2D eigenvalue weighted by Crippen LogP contribution is 2.55. The highest BCUT2D eigenvalue weighted by molar-refractivity contribution is 8.16. The summed E-state index contributed by atoms with van der Waals surface area (Å²) >= 11 is 1.21. The summed E-state index contributed by atoms with van der Waals surface area (Å²) in [7, 11) is 0. The Morgan fingerprint density at radius 3 is 2.39 bits per heavy atom. The zero-order valence-corrected chi connectivity index (χ0v) is 20.5. The topological polar surface area (TPSA) is 101 Å². The maximum atomic E-state index is 12.9. The fraction of sp³-hybridized carbons (Fsp3) is 0.192. The van der Waals surface area contributed by atoms with Gasteiger partial charge >= 0.3 is 5.97 Å². The van der Waals surface area contributed by atoms with Crippen molar-refractivity contribution in [1.29, 1.82) is 0 Å². The quantitative estimate of drug-likeness (QED) is 0.251. The van der Waals surface area contributed by atoms with E-state index >= 15 is 0 Å². The average molecular weight is 502 g/mol. The molecule has 2 aliphatic heterocycles. The molecule has 182 valence electrons. The highest BCUT2D eigenvalue weighted by Gasteiger charge is 2.56. The van der Waals surface area contributed by atoms with Gasteiger partial charge in [-0.05, 0) is 43.3 Å². The van der Waals surface area contributed by atoms with Gasteiger partial charge in [-0.2, -0.15) is 10.2 Å². The number of carbonyl (C=O) groups excluding carboxylic acids is 1. The van der Waals surface area contributed by atoms with Crippen molar-refractivity contribution in [3.8, 4) is 0 Å². The molecule has 3 aromatic carbocycles. The number of ether oxygens (including phenoxy) is 1. The van der Waals surface area contributed by atoms with Crippen molar-refractivity contribution < 1.29 is 14.5 Å². The lowest BCUT2D eigenvalue weighted by atomic mass is 9.96. The standard InChI is InChI=1S/C26H23N5O4S/c1-3-23-21-15-8-9-16-22(21)26(29(27-23)18-11-6-5-7-12-18)30(28-24(36-26)25(32)35-4-2)19-13-10-14-20(17-19)31(33)34/h5-17H,3-4H2,1-2H3/t26-/m0/s1. The molecule has 0 aromatic heterocycles. The van der Waals surface area contributed by atoms with E-state index in [4.69, 9.17) is 9.84 Å². The smallest absolute Gasteiger partial charge is 0.365 e. The third kappa shape index (κ3) is 3.79. The van der Waals surface area contributed by atoms with Crippen LogP contribution < -0.4 is 10.0 Å². The van der Waals surface area contributed by atoms with Crippen LogP contribution >= 0.6 is 11.8 Å². The molecule has 36 heavy (non-hydrogen) atoms. The summed E-state index contributed by atoms with van der Waals surface area (Å²) in [5, 5.41) is 24.9. The Hall–Kier alpha value is -4.18. The summed E-state index contributed by atoms with van der Waals surface area (Å²) in [5.74, 6) is -0.564. The summed E-state index contributed by atoms with van der Waals surface area (Å²) < 4.78 is 5.30. The van der Waals surface area contributed by atoms with Crippen LogP contribution in [-0.2, 0) is 14.5 Å². The number of anilines is 2. The molecule has 1 atom stereocenters. The second kappa shape index (κ2) is 9.46. The first-order valence-corrected chi connectivity index (χ1v) is 12.3. The van der Waals surface area contributed by atoms with E-state index in [0.717, 1.165) is 22.5 Å². The van der Waals surface area contributed by atoms with Gasteiger partial charge in [0.2, 0.25) is 10.0 Å². The molecule has 9 nitrogen and oxygen atoms in total. The Morgan fingerprint density at radius 2 is 1.67 bits per heavy atom. The zero-order valence-electron chi connectivity index (χ0n) is 19.7. The Morgan fingerprint density at radius 1 is 0.972 bits per heavy atom. The lowest BCUT2D eigenvalue weighted by Crippen LogP contribution is -2.54. The molecule has 0 N–H and O–H groups in total. The van der Waals surface area contributed by atoms with E-state index in [-0.39, 0.29) is 17.3 Å². The Balaban J connectivity index is 1.80. The summed E-state index contributed by atoms with van der Waals surface area (Å²) in [6.45, 7) is 3.97. The first-order valence-electron chi connectivity index (χ1n) is 11.5. The lowest BCUT2D eigenvalue weighted by molar-refractivity contribution is -0.384. The maximum absolute atomic E-state index is 12.9. The maximum Gasteiger partial charge on any atom is 0.365 e. The molecule has 10 heteroatoms. The van der Waals surface area contributed by atoms with Gasteiger partial charge in [0.15, 0.2) is 0 Å². The molecular weight excluding hydrogens is 478 g/mol. The second-order valence-electron chi connectivity index (χ2n) is 8.02. The van der Waals surface area contributed by atoms with Crippen LogP contribution in [0.15, 0.2) is 89.1 Å². The Kier molecular flexibility index (Phi) is 6.19. The van der Waals surface area contributed by atoms with Gasteiger partial charge in [-0.15, -0.1) is 0 Å². The van der Waals surface area contributed by atoms with E-state index in [1.165, 1.54) is 23.9 Å². The molecule has 0 fully saturated rings. The normalized spacial score (nSPS) is 18.5. The van der Waals surface area contributed by atoms with Gasteiger partial charge in [0.05, 0.1) is 28.6 Å². The molecule has 0 saturated carbocycles. The van der Waals surface area contributed by atoms with Crippen molar-refractivity contribution in [2.75, 3.05) is 16.6 Å². The number of fused-ring (bicyclic) bond motifs is 2. The number of hydrogen-bond donors (Lipinski definition) is 0. The summed E-state index contributed by atoms with van der Waals surface area (Å²) in [5.41, 5.74) is 3.81. The number of esters is 1. The average Bonchev–Trinajstić information content (AvgIpc) is 3.31. The van der Waals surface area contributed by atoms with E-state index in [2.05, 4.69) is 5.10 Å². The van der Waals surface area contributed by atoms with Gasteiger partial charge in [0.25, 0.3) is 5.69 Å². The molecule has 0 amide bonds. The van der Waals surface area contributed by atoms with Gasteiger partial charge in [0, 0.05) is 23.3 Å². The predicted octanol–water partition coefficient (Wildman–Crippen LogP) is 5.47. The fourth-order valence-corrected chi connectivity index (χ4v) is 5.63. The molecule has 2 heterocycles. The van der Waals surface area contributed by atoms with E-state index in [9.17, 15) is 14.9 Å². The van der Waals surface area contributed by atoms with Crippen molar-refractivity contribution in [3.63, 3.8) is 0 Å². The van der Waals surface area contributed by atoms with Gasteiger partial charge in [-0.1, -0.05) is 55.5 Å². The molecule has 3 aromatic rings. The van der Waals surface area contributed by atoms with Crippen molar-refractivity contribution in [1.82, 2.24) is 0 Å². The van der Waals surface area contributed by atoms with Crippen LogP contribution in [0.25, 0.3) is 0 Å². The Bertz CT molecular complexity index is 1390. The molecule has 0 bridgehead atoms. The SMILES string of the molecule is CCOC(=O)C1=NN(c2cccc([N+](=O)[O-])c2)[C@]2(S1)c1ccccc1C(CC)=NN2c1ccccc1. The monoisotopic (exact) mass is 501 g/mol. The van der Waals surface area contributed by atoms with Crippen LogP contribution in [-0.4, -0.2) is 28.3 Å². The number of nitrogens with zero attached hydrogens (tertiary/aromatic N) is 5. The third-order valence-corrected chi connectivity index (χ3v) is 7.18. The van der Waals surface area contributed by atoms with Crippen LogP contribution in [0.3, 0.4) is 0 Å². The minimum absolute atomic E-state index is 0.0828. The zero-order chi connectivity index (χ0) is 25.3. The minimum atomic E-state index is -1.17. The van der Waals surface area contributed by atoms with Gasteiger partial charge in [-0.25, -0.2) is 14.8 Å². The Labute approximate surface area is 212 Å². The molecule has 1 spiro atoms. The first-order chi connectivity index (χ1) is 17.5. The van der Waals surface area contributed by atoms with E-state index in [1.54, 1.807) is 24.1 Å². The van der Waals surface area contributed by atoms with Gasteiger partial charge in [-0.3, -0.25) is 10.1 Å². The second-order valence-corrected chi connectivity index (χ2v) is 9.18. The predicted molar refractivity (Wildman–Crippen MR) is 141 cm³/mol. The van der Waals surface area contributed by atoms with Crippen LogP contribution in [0.2, 0.25) is 0 Å². The molecule has 5 rings (SSSR count). The first kappa shape index (κ1) is 23.6. The number of rotatable bonds is 6. The van der Waals surface area contributed by atoms with Crippen LogP contribution in [0.5, 0.6) is 0 Å². The molecule has 0 saturated heterocycles. The number of hydrogen-bond acceptors (Lipinski definition) is 9. The molecular formula is C26H23N5O4S. The van der Waals surface area contributed by atoms with E-state index < -0.39 is 15.9 Å². The fourth-order valence-electron chi connectivity index (χ4n) is 4.34. The number of carbonyl (C=O) groups is 1. The third-order valence-electron chi connectivity index (χ3n) is 5.88. The van der Waals surface area contributed by atoms with Crippen molar-refractivity contribution in [2.45, 2.75) is 25.3 Å². The van der Waals surface area contributed by atoms with E-state index in [1.807, 2.05) is 66.5 Å². The number of nitro benzene ring substituents is 1.